The maximum atomic E-state index is 12.1. The molecule has 0 saturated carbocycles. The molecule has 1 N–H and O–H groups in total. The Labute approximate surface area is 126 Å². The van der Waals surface area contributed by atoms with Gasteiger partial charge in [0.15, 0.2) is 0 Å². The van der Waals surface area contributed by atoms with Crippen molar-refractivity contribution in [3.63, 3.8) is 0 Å². The molecule has 0 bridgehead atoms. The summed E-state index contributed by atoms with van der Waals surface area (Å²) in [4.78, 5) is 22.4. The largest absolute Gasteiger partial charge is 0.321 e. The van der Waals surface area contributed by atoms with Gasteiger partial charge in [-0.15, -0.1) is 0 Å². The topological polar surface area (TPSA) is 96.0 Å². The molecule has 2 rings (SSSR count). The number of hydrogen-bond acceptors (Lipinski definition) is 4. The van der Waals surface area contributed by atoms with E-state index in [1.165, 1.54) is 24.3 Å². The lowest BCUT2D eigenvalue weighted by atomic mass is 10.1. The number of carbonyl (C=O) groups is 1. The first kappa shape index (κ1) is 14.9. The van der Waals surface area contributed by atoms with E-state index in [-0.39, 0.29) is 16.8 Å². The van der Waals surface area contributed by atoms with Gasteiger partial charge >= 0.3 is 0 Å². The zero-order chi connectivity index (χ0) is 15.9. The number of rotatable bonds is 4. The minimum atomic E-state index is -0.619. The summed E-state index contributed by atoms with van der Waals surface area (Å²) in [6.07, 6.45) is 1.20. The van der Waals surface area contributed by atoms with Gasteiger partial charge in [-0.25, -0.2) is 0 Å². The van der Waals surface area contributed by atoms with E-state index < -0.39 is 10.8 Å². The van der Waals surface area contributed by atoms with Crippen molar-refractivity contribution >= 4 is 23.4 Å². The van der Waals surface area contributed by atoms with Crippen LogP contribution in [0.1, 0.15) is 5.56 Å². The van der Waals surface area contributed by atoms with Crippen LogP contribution < -0.4 is 5.32 Å². The van der Waals surface area contributed by atoms with Crippen LogP contribution in [0.2, 0.25) is 0 Å². The Morgan fingerprint density at radius 3 is 2.41 bits per heavy atom. The lowest BCUT2D eigenvalue weighted by molar-refractivity contribution is -0.385. The molecule has 6 nitrogen and oxygen atoms in total. The number of anilines is 1. The van der Waals surface area contributed by atoms with Crippen LogP contribution in [0.15, 0.2) is 60.2 Å². The van der Waals surface area contributed by atoms with E-state index >= 15 is 0 Å². The predicted molar refractivity (Wildman–Crippen MR) is 81.8 cm³/mol. The smallest absolute Gasteiger partial charge is 0.276 e. The van der Waals surface area contributed by atoms with Gasteiger partial charge in [-0.2, -0.15) is 5.26 Å². The number of nitrogens with zero attached hydrogens (tertiary/aromatic N) is 2. The predicted octanol–water partition coefficient (Wildman–Crippen LogP) is 3.14. The number of carbonyl (C=O) groups excluding carboxylic acids is 1. The standard InChI is InChI=1S/C16H11N3O3/c17-11-13(16(20)18-14-7-2-1-3-8-14)10-12-6-4-5-9-15(12)19(21)22/h1-10H,(H,18,20)/b13-10-. The summed E-state index contributed by atoms with van der Waals surface area (Å²) >= 11 is 0. The molecule has 0 heterocycles. The average molecular weight is 293 g/mol. The van der Waals surface area contributed by atoms with Gasteiger partial charge in [0.25, 0.3) is 11.6 Å². The Hall–Kier alpha value is -3.46. The van der Waals surface area contributed by atoms with Crippen LogP contribution in [-0.4, -0.2) is 10.8 Å². The molecule has 0 unspecified atom stereocenters. The van der Waals surface area contributed by atoms with Crippen molar-refractivity contribution in [1.82, 2.24) is 0 Å². The van der Waals surface area contributed by atoms with Crippen LogP contribution in [0.5, 0.6) is 0 Å². The zero-order valence-corrected chi connectivity index (χ0v) is 11.4. The molecule has 0 spiro atoms. The van der Waals surface area contributed by atoms with Crippen LogP contribution in [0.4, 0.5) is 11.4 Å². The molecule has 2 aromatic rings. The van der Waals surface area contributed by atoms with Crippen LogP contribution in [0.3, 0.4) is 0 Å². The highest BCUT2D eigenvalue weighted by Gasteiger charge is 2.14. The van der Waals surface area contributed by atoms with Crippen molar-refractivity contribution in [3.05, 3.63) is 75.8 Å². The fourth-order valence-corrected chi connectivity index (χ4v) is 1.80. The molecule has 1 amide bonds. The first-order valence-corrected chi connectivity index (χ1v) is 6.33. The van der Waals surface area contributed by atoms with Crippen molar-refractivity contribution in [2.75, 3.05) is 5.32 Å². The minimum Gasteiger partial charge on any atom is -0.321 e. The van der Waals surface area contributed by atoms with E-state index in [0.29, 0.717) is 5.69 Å². The number of nitro benzene ring substituents is 1. The lowest BCUT2D eigenvalue weighted by Crippen LogP contribution is -2.13. The minimum absolute atomic E-state index is 0.164. The van der Waals surface area contributed by atoms with E-state index in [1.807, 2.05) is 0 Å². The summed E-state index contributed by atoms with van der Waals surface area (Å²) < 4.78 is 0. The highest BCUT2D eigenvalue weighted by atomic mass is 16.6. The molecular weight excluding hydrogens is 282 g/mol. The van der Waals surface area contributed by atoms with E-state index in [9.17, 15) is 14.9 Å². The molecule has 0 atom stereocenters. The molecule has 2 aromatic carbocycles. The third-order valence-electron chi connectivity index (χ3n) is 2.83. The van der Waals surface area contributed by atoms with Crippen molar-refractivity contribution in [1.29, 1.82) is 5.26 Å². The molecule has 0 aliphatic rings. The molecule has 108 valence electrons. The second kappa shape index (κ2) is 6.81. The fraction of sp³-hybridized carbons (Fsp3) is 0. The van der Waals surface area contributed by atoms with Gasteiger partial charge in [-0.3, -0.25) is 14.9 Å². The number of para-hydroxylation sites is 2. The molecule has 22 heavy (non-hydrogen) atoms. The zero-order valence-electron chi connectivity index (χ0n) is 11.4. The first-order chi connectivity index (χ1) is 10.6. The number of nitrogens with one attached hydrogen (secondary N) is 1. The molecular formula is C16H11N3O3. The second-order valence-corrected chi connectivity index (χ2v) is 4.31. The van der Waals surface area contributed by atoms with Crippen LogP contribution in [0, 0.1) is 21.4 Å². The summed E-state index contributed by atoms with van der Waals surface area (Å²) in [5.74, 6) is -0.619. The van der Waals surface area contributed by atoms with Gasteiger partial charge in [0.05, 0.1) is 10.5 Å². The van der Waals surface area contributed by atoms with Gasteiger partial charge in [0.1, 0.15) is 11.6 Å². The van der Waals surface area contributed by atoms with E-state index in [1.54, 1.807) is 42.5 Å². The van der Waals surface area contributed by atoms with Crippen molar-refractivity contribution in [2.45, 2.75) is 0 Å². The lowest BCUT2D eigenvalue weighted by Gasteiger charge is -2.04. The van der Waals surface area contributed by atoms with Gasteiger partial charge in [0.2, 0.25) is 0 Å². The Morgan fingerprint density at radius 2 is 1.77 bits per heavy atom. The SMILES string of the molecule is N#C/C(=C/c1ccccc1[N+](=O)[O-])C(=O)Nc1ccccc1. The van der Waals surface area contributed by atoms with Gasteiger partial charge < -0.3 is 5.32 Å². The molecule has 0 aromatic heterocycles. The summed E-state index contributed by atoms with van der Waals surface area (Å²) in [5.41, 5.74) is 0.365. The molecule has 0 radical (unpaired) electrons. The quantitative estimate of drug-likeness (QED) is 0.405. The summed E-state index contributed by atoms with van der Waals surface area (Å²) in [6, 6.07) is 16.3. The van der Waals surface area contributed by atoms with E-state index in [4.69, 9.17) is 5.26 Å². The second-order valence-electron chi connectivity index (χ2n) is 4.31. The number of nitriles is 1. The van der Waals surface area contributed by atoms with Crippen molar-refractivity contribution in [3.8, 4) is 6.07 Å². The highest BCUT2D eigenvalue weighted by molar-refractivity contribution is 6.09. The van der Waals surface area contributed by atoms with Gasteiger partial charge in [-0.1, -0.05) is 30.3 Å². The van der Waals surface area contributed by atoms with Crippen molar-refractivity contribution < 1.29 is 9.72 Å². The van der Waals surface area contributed by atoms with Crippen LogP contribution in [0.25, 0.3) is 6.08 Å². The molecule has 0 saturated heterocycles. The molecule has 0 aliphatic carbocycles. The molecule has 0 fully saturated rings. The van der Waals surface area contributed by atoms with E-state index in [2.05, 4.69) is 5.32 Å². The summed E-state index contributed by atoms with van der Waals surface area (Å²) in [5, 5.41) is 22.6. The summed E-state index contributed by atoms with van der Waals surface area (Å²) in [6.45, 7) is 0. The Kier molecular flexibility index (Phi) is 4.63. The highest BCUT2D eigenvalue weighted by Crippen LogP contribution is 2.21. The van der Waals surface area contributed by atoms with Crippen LogP contribution in [-0.2, 0) is 4.79 Å². The third-order valence-corrected chi connectivity index (χ3v) is 2.83. The number of nitro groups is 1. The Balaban J connectivity index is 2.30. The van der Waals surface area contributed by atoms with Crippen LogP contribution >= 0.6 is 0 Å². The summed E-state index contributed by atoms with van der Waals surface area (Å²) in [7, 11) is 0. The maximum Gasteiger partial charge on any atom is 0.276 e. The van der Waals surface area contributed by atoms with Gasteiger partial charge in [0, 0.05) is 11.8 Å². The maximum absolute atomic E-state index is 12.1. The average Bonchev–Trinajstić information content (AvgIpc) is 2.53. The normalized spacial score (nSPS) is 10.6. The Bertz CT molecular complexity index is 777. The third kappa shape index (κ3) is 3.55. The fourth-order valence-electron chi connectivity index (χ4n) is 1.80. The Morgan fingerprint density at radius 1 is 1.14 bits per heavy atom. The monoisotopic (exact) mass is 293 g/mol. The van der Waals surface area contributed by atoms with Crippen molar-refractivity contribution in [2.24, 2.45) is 0 Å². The first-order valence-electron chi connectivity index (χ1n) is 6.33. The van der Waals surface area contributed by atoms with E-state index in [0.717, 1.165) is 0 Å². The number of benzene rings is 2. The number of hydrogen-bond donors (Lipinski definition) is 1. The number of amides is 1. The molecule has 0 aliphatic heterocycles. The molecule has 6 heteroatoms. The van der Waals surface area contributed by atoms with Gasteiger partial charge in [-0.05, 0) is 24.3 Å².